The fraction of sp³-hybridized carbons (Fsp3) is 0.316. The molecule has 1 aliphatic heterocycles. The topological polar surface area (TPSA) is 23.6 Å². The molecule has 1 saturated heterocycles. The van der Waals surface area contributed by atoms with E-state index in [1.165, 1.54) is 11.8 Å². The molecule has 2 aromatic carbocycles. The minimum absolute atomic E-state index is 0.0424. The van der Waals surface area contributed by atoms with Crippen LogP contribution in [0, 0.1) is 5.82 Å². The Morgan fingerprint density at radius 2 is 1.76 bits per heavy atom. The molecule has 0 atom stereocenters. The Hall–Kier alpha value is -1.43. The Morgan fingerprint density at radius 1 is 1.08 bits per heavy atom. The smallest absolute Gasteiger partial charge is 0.164 e. The molecule has 6 heteroatoms. The van der Waals surface area contributed by atoms with Gasteiger partial charge in [-0.1, -0.05) is 11.6 Å². The average molecular weight is 426 g/mol. The standard InChI is InChI=1S/C19H19BrClFN2O/c20-17-13-14(1-6-18(17)22)19(25)7-8-23-9-11-24(12-10-23)16-4-2-15(21)3-5-16/h1-6,13H,7-12H2. The zero-order valence-electron chi connectivity index (χ0n) is 13.7. The molecule has 1 fully saturated rings. The molecule has 2 aromatic rings. The van der Waals surface area contributed by atoms with Crippen LogP contribution in [0.15, 0.2) is 46.9 Å². The first-order chi connectivity index (χ1) is 12.0. The van der Waals surface area contributed by atoms with E-state index in [0.29, 0.717) is 16.5 Å². The van der Waals surface area contributed by atoms with Crippen LogP contribution in [0.3, 0.4) is 0 Å². The molecule has 3 nitrogen and oxygen atoms in total. The van der Waals surface area contributed by atoms with E-state index in [0.717, 1.165) is 37.7 Å². The summed E-state index contributed by atoms with van der Waals surface area (Å²) in [6.45, 7) is 4.42. The second-order valence-corrected chi connectivity index (χ2v) is 7.40. The van der Waals surface area contributed by atoms with Crippen molar-refractivity contribution in [2.45, 2.75) is 6.42 Å². The van der Waals surface area contributed by atoms with E-state index < -0.39 is 0 Å². The van der Waals surface area contributed by atoms with E-state index in [2.05, 4.69) is 25.7 Å². The lowest BCUT2D eigenvalue weighted by Gasteiger charge is -2.36. The lowest BCUT2D eigenvalue weighted by atomic mass is 10.1. The van der Waals surface area contributed by atoms with Crippen molar-refractivity contribution in [3.05, 3.63) is 63.3 Å². The molecule has 0 radical (unpaired) electrons. The van der Waals surface area contributed by atoms with Crippen LogP contribution in [-0.4, -0.2) is 43.4 Å². The number of hydrogen-bond donors (Lipinski definition) is 0. The molecular weight excluding hydrogens is 407 g/mol. The number of halogens is 3. The highest BCUT2D eigenvalue weighted by Crippen LogP contribution is 2.20. The summed E-state index contributed by atoms with van der Waals surface area (Å²) in [5.74, 6) is -0.310. The second kappa shape index (κ2) is 8.30. The van der Waals surface area contributed by atoms with Crippen molar-refractivity contribution in [1.29, 1.82) is 0 Å². The van der Waals surface area contributed by atoms with Crippen LogP contribution in [0.5, 0.6) is 0 Å². The molecular formula is C19H19BrClFN2O. The predicted octanol–water partition coefficient (Wildman–Crippen LogP) is 4.64. The highest BCUT2D eigenvalue weighted by molar-refractivity contribution is 9.10. The van der Waals surface area contributed by atoms with Crippen molar-refractivity contribution in [3.63, 3.8) is 0 Å². The number of ketones is 1. The van der Waals surface area contributed by atoms with Crippen LogP contribution < -0.4 is 4.90 Å². The molecule has 0 amide bonds. The number of rotatable bonds is 5. The third-order valence-electron chi connectivity index (χ3n) is 4.46. The lowest BCUT2D eigenvalue weighted by Crippen LogP contribution is -2.46. The van der Waals surface area contributed by atoms with Gasteiger partial charge < -0.3 is 4.90 Å². The van der Waals surface area contributed by atoms with Gasteiger partial charge in [0.2, 0.25) is 0 Å². The normalized spacial score (nSPS) is 15.4. The molecule has 1 aliphatic rings. The fourth-order valence-corrected chi connectivity index (χ4v) is 3.46. The van der Waals surface area contributed by atoms with Gasteiger partial charge in [-0.3, -0.25) is 9.69 Å². The lowest BCUT2D eigenvalue weighted by molar-refractivity contribution is 0.0962. The molecule has 0 N–H and O–H groups in total. The Balaban J connectivity index is 1.48. The third-order valence-corrected chi connectivity index (χ3v) is 5.32. The van der Waals surface area contributed by atoms with E-state index in [-0.39, 0.29) is 11.6 Å². The molecule has 0 unspecified atom stereocenters. The number of carbonyl (C=O) groups is 1. The Labute approximate surface area is 160 Å². The number of carbonyl (C=O) groups excluding carboxylic acids is 1. The van der Waals surface area contributed by atoms with Crippen molar-refractivity contribution < 1.29 is 9.18 Å². The van der Waals surface area contributed by atoms with Crippen LogP contribution in [-0.2, 0) is 0 Å². The maximum atomic E-state index is 13.3. The first-order valence-electron chi connectivity index (χ1n) is 8.24. The Morgan fingerprint density at radius 3 is 2.40 bits per heavy atom. The first-order valence-corrected chi connectivity index (χ1v) is 9.41. The molecule has 0 spiro atoms. The van der Waals surface area contributed by atoms with Crippen molar-refractivity contribution in [2.24, 2.45) is 0 Å². The van der Waals surface area contributed by atoms with Gasteiger partial charge in [-0.25, -0.2) is 4.39 Å². The van der Waals surface area contributed by atoms with E-state index in [1.807, 2.05) is 24.3 Å². The number of benzene rings is 2. The zero-order chi connectivity index (χ0) is 17.8. The summed E-state index contributed by atoms with van der Waals surface area (Å²) >= 11 is 9.05. The fourth-order valence-electron chi connectivity index (χ4n) is 2.96. The number of piperazine rings is 1. The quantitative estimate of drug-likeness (QED) is 0.652. The van der Waals surface area contributed by atoms with Gasteiger partial charge in [-0.05, 0) is 58.4 Å². The summed E-state index contributed by atoms with van der Waals surface area (Å²) in [6, 6.07) is 12.3. The minimum atomic E-state index is -0.352. The van der Waals surface area contributed by atoms with E-state index in [1.54, 1.807) is 12.1 Å². The minimum Gasteiger partial charge on any atom is -0.369 e. The SMILES string of the molecule is O=C(CCN1CCN(c2ccc(Cl)cc2)CC1)c1ccc(F)c(Br)c1. The molecule has 0 saturated carbocycles. The highest BCUT2D eigenvalue weighted by Gasteiger charge is 2.18. The van der Waals surface area contributed by atoms with Gasteiger partial charge in [0.1, 0.15) is 5.82 Å². The van der Waals surface area contributed by atoms with E-state index in [4.69, 9.17) is 11.6 Å². The molecule has 1 heterocycles. The van der Waals surface area contributed by atoms with Crippen molar-refractivity contribution in [3.8, 4) is 0 Å². The molecule has 0 aliphatic carbocycles. The summed E-state index contributed by atoms with van der Waals surface area (Å²) in [5.41, 5.74) is 1.73. The highest BCUT2D eigenvalue weighted by atomic mass is 79.9. The van der Waals surface area contributed by atoms with E-state index in [9.17, 15) is 9.18 Å². The van der Waals surface area contributed by atoms with Gasteiger partial charge in [0, 0.05) is 55.4 Å². The average Bonchev–Trinajstić information content (AvgIpc) is 2.63. The monoisotopic (exact) mass is 424 g/mol. The van der Waals surface area contributed by atoms with Gasteiger partial charge in [0.05, 0.1) is 4.47 Å². The molecule has 0 aromatic heterocycles. The second-order valence-electron chi connectivity index (χ2n) is 6.11. The Bertz CT molecular complexity index is 746. The molecule has 0 bridgehead atoms. The van der Waals surface area contributed by atoms with Gasteiger partial charge in [0.25, 0.3) is 0 Å². The Kier molecular flexibility index (Phi) is 6.10. The molecule has 3 rings (SSSR count). The molecule has 132 valence electrons. The van der Waals surface area contributed by atoms with Gasteiger partial charge in [-0.2, -0.15) is 0 Å². The van der Waals surface area contributed by atoms with Crippen molar-refractivity contribution in [2.75, 3.05) is 37.6 Å². The first kappa shape index (κ1) is 18.4. The van der Waals surface area contributed by atoms with Crippen LogP contribution in [0.1, 0.15) is 16.8 Å². The summed E-state index contributed by atoms with van der Waals surface area (Å²) in [7, 11) is 0. The summed E-state index contributed by atoms with van der Waals surface area (Å²) in [6.07, 6.45) is 0.443. The summed E-state index contributed by atoms with van der Waals surface area (Å²) < 4.78 is 13.6. The van der Waals surface area contributed by atoms with Crippen molar-refractivity contribution >= 4 is 39.0 Å². The zero-order valence-corrected chi connectivity index (χ0v) is 16.1. The van der Waals surface area contributed by atoms with Gasteiger partial charge >= 0.3 is 0 Å². The largest absolute Gasteiger partial charge is 0.369 e. The maximum absolute atomic E-state index is 13.3. The molecule has 25 heavy (non-hydrogen) atoms. The number of Topliss-reactive ketones (excluding diaryl/α,β-unsaturated/α-hetero) is 1. The van der Waals surface area contributed by atoms with E-state index >= 15 is 0 Å². The van der Waals surface area contributed by atoms with Crippen LogP contribution in [0.2, 0.25) is 5.02 Å². The van der Waals surface area contributed by atoms with Gasteiger partial charge in [-0.15, -0.1) is 0 Å². The number of nitrogens with zero attached hydrogens (tertiary/aromatic N) is 2. The predicted molar refractivity (Wildman–Crippen MR) is 103 cm³/mol. The summed E-state index contributed by atoms with van der Waals surface area (Å²) in [4.78, 5) is 16.9. The van der Waals surface area contributed by atoms with Crippen LogP contribution in [0.4, 0.5) is 10.1 Å². The number of anilines is 1. The van der Waals surface area contributed by atoms with Gasteiger partial charge in [0.15, 0.2) is 5.78 Å². The number of hydrogen-bond acceptors (Lipinski definition) is 3. The summed E-state index contributed by atoms with van der Waals surface area (Å²) in [5, 5.41) is 0.744. The van der Waals surface area contributed by atoms with Crippen LogP contribution in [0.25, 0.3) is 0 Å². The van der Waals surface area contributed by atoms with Crippen LogP contribution >= 0.6 is 27.5 Å². The van der Waals surface area contributed by atoms with Crippen molar-refractivity contribution in [1.82, 2.24) is 4.90 Å². The maximum Gasteiger partial charge on any atom is 0.164 e. The third kappa shape index (κ3) is 4.81.